The number of aromatic amines is 1. The lowest BCUT2D eigenvalue weighted by Crippen LogP contribution is -2.32. The number of carbonyl (C=O) groups is 1. The third-order valence-corrected chi connectivity index (χ3v) is 5.92. The largest absolute Gasteiger partial charge is 0.491 e. The van der Waals surface area contributed by atoms with Crippen LogP contribution < -0.4 is 4.74 Å². The third-order valence-electron chi connectivity index (χ3n) is 5.68. The molecule has 0 spiro atoms. The van der Waals surface area contributed by atoms with Crippen molar-refractivity contribution in [3.63, 3.8) is 0 Å². The van der Waals surface area contributed by atoms with Gasteiger partial charge in [-0.05, 0) is 73.0 Å². The van der Waals surface area contributed by atoms with Crippen molar-refractivity contribution < 1.29 is 9.53 Å². The van der Waals surface area contributed by atoms with Crippen molar-refractivity contribution in [2.75, 3.05) is 13.2 Å². The number of ether oxygens (including phenoxy) is 1. The van der Waals surface area contributed by atoms with Crippen LogP contribution in [0.5, 0.6) is 5.75 Å². The van der Waals surface area contributed by atoms with Gasteiger partial charge in [0.25, 0.3) is 5.91 Å². The number of nitrogens with one attached hydrogen (secondary N) is 1. The molecule has 0 unspecified atom stereocenters. The maximum Gasteiger partial charge on any atom is 0.254 e. The first kappa shape index (κ1) is 19.6. The quantitative estimate of drug-likeness (QED) is 0.453. The van der Waals surface area contributed by atoms with E-state index in [4.69, 9.17) is 16.3 Å². The van der Waals surface area contributed by atoms with Crippen molar-refractivity contribution in [2.24, 2.45) is 0 Å². The Kier molecular flexibility index (Phi) is 4.91. The predicted octanol–water partition coefficient (Wildman–Crippen LogP) is 5.53. The van der Waals surface area contributed by atoms with E-state index in [2.05, 4.69) is 34.2 Å². The molecular weight excluding hydrogens is 410 g/mol. The van der Waals surface area contributed by atoms with Crippen molar-refractivity contribution in [2.45, 2.75) is 20.4 Å². The lowest BCUT2D eigenvalue weighted by Gasteiger charge is -2.21. The summed E-state index contributed by atoms with van der Waals surface area (Å²) in [5.41, 5.74) is 6.67. The fourth-order valence-electron chi connectivity index (χ4n) is 4.10. The van der Waals surface area contributed by atoms with Gasteiger partial charge < -0.3 is 14.6 Å². The van der Waals surface area contributed by atoms with E-state index in [0.29, 0.717) is 30.3 Å². The lowest BCUT2D eigenvalue weighted by atomic mass is 10.0. The summed E-state index contributed by atoms with van der Waals surface area (Å²) in [6.45, 7) is 5.35. The molecule has 0 saturated carbocycles. The van der Waals surface area contributed by atoms with E-state index in [9.17, 15) is 4.79 Å². The van der Waals surface area contributed by atoms with E-state index in [-0.39, 0.29) is 5.91 Å². The Balaban J connectivity index is 1.47. The second-order valence-corrected chi connectivity index (χ2v) is 8.35. The minimum atomic E-state index is -0.00891. The Morgan fingerprint density at radius 3 is 2.71 bits per heavy atom. The van der Waals surface area contributed by atoms with Crippen LogP contribution in [0.15, 0.2) is 54.6 Å². The summed E-state index contributed by atoms with van der Waals surface area (Å²) in [5.74, 6) is 1.71. The highest BCUT2D eigenvalue weighted by atomic mass is 35.5. The van der Waals surface area contributed by atoms with Gasteiger partial charge in [-0.1, -0.05) is 23.7 Å². The molecule has 2 heterocycles. The molecule has 0 aliphatic carbocycles. The molecule has 0 atom stereocenters. The first-order valence-electron chi connectivity index (χ1n) is 10.3. The van der Waals surface area contributed by atoms with Crippen molar-refractivity contribution in [1.82, 2.24) is 14.9 Å². The van der Waals surface area contributed by atoms with Crippen molar-refractivity contribution in [3.8, 4) is 16.9 Å². The monoisotopic (exact) mass is 431 g/mol. The van der Waals surface area contributed by atoms with Gasteiger partial charge >= 0.3 is 0 Å². The number of fused-ring (bicyclic) bond motifs is 2. The number of hydrogen-bond donors (Lipinski definition) is 1. The van der Waals surface area contributed by atoms with E-state index < -0.39 is 0 Å². The molecular formula is C25H22ClN3O2. The SMILES string of the molecule is Cc1nc2ccc(-c3ccc4c(c3)CN(C(=O)c3ccc(Cl)cc3C)CCO4)cc2[nH]1. The normalized spacial score (nSPS) is 13.6. The van der Waals surface area contributed by atoms with E-state index >= 15 is 0 Å². The van der Waals surface area contributed by atoms with E-state index in [1.165, 1.54) is 0 Å². The minimum absolute atomic E-state index is 0.00891. The zero-order valence-corrected chi connectivity index (χ0v) is 18.2. The number of amides is 1. The van der Waals surface area contributed by atoms with Crippen molar-refractivity contribution >= 4 is 28.5 Å². The summed E-state index contributed by atoms with van der Waals surface area (Å²) in [6, 6.07) is 17.7. The smallest absolute Gasteiger partial charge is 0.254 e. The van der Waals surface area contributed by atoms with Crippen LogP contribution in [0, 0.1) is 13.8 Å². The molecule has 4 aromatic rings. The molecule has 0 radical (unpaired) electrons. The highest BCUT2D eigenvalue weighted by Crippen LogP contribution is 2.31. The molecule has 1 aliphatic rings. The summed E-state index contributed by atoms with van der Waals surface area (Å²) in [5, 5.41) is 0.632. The number of hydrogen-bond acceptors (Lipinski definition) is 3. The molecule has 5 rings (SSSR count). The number of aromatic nitrogens is 2. The Bertz CT molecular complexity index is 1310. The molecule has 1 amide bonds. The molecule has 0 bridgehead atoms. The van der Waals surface area contributed by atoms with Crippen LogP contribution in [0.3, 0.4) is 0 Å². The molecule has 5 nitrogen and oxygen atoms in total. The zero-order chi connectivity index (χ0) is 21.5. The van der Waals surface area contributed by atoms with Gasteiger partial charge in [-0.2, -0.15) is 0 Å². The average Bonchev–Trinajstić information content (AvgIpc) is 2.98. The van der Waals surface area contributed by atoms with Crippen LogP contribution in [-0.4, -0.2) is 33.9 Å². The number of H-pyrrole nitrogens is 1. The van der Waals surface area contributed by atoms with Gasteiger partial charge in [0, 0.05) is 22.7 Å². The second kappa shape index (κ2) is 7.75. The van der Waals surface area contributed by atoms with Crippen molar-refractivity contribution in [3.05, 3.63) is 82.1 Å². The molecule has 0 fully saturated rings. The molecule has 1 aliphatic heterocycles. The van der Waals surface area contributed by atoms with Crippen LogP contribution in [0.4, 0.5) is 0 Å². The Morgan fingerprint density at radius 1 is 1.06 bits per heavy atom. The number of imidazole rings is 1. The predicted molar refractivity (Wildman–Crippen MR) is 123 cm³/mol. The van der Waals surface area contributed by atoms with E-state index in [0.717, 1.165) is 44.9 Å². The van der Waals surface area contributed by atoms with Gasteiger partial charge in [0.05, 0.1) is 17.6 Å². The fraction of sp³-hybridized carbons (Fsp3) is 0.200. The zero-order valence-electron chi connectivity index (χ0n) is 17.4. The summed E-state index contributed by atoms with van der Waals surface area (Å²) >= 11 is 6.06. The molecule has 6 heteroatoms. The van der Waals surface area contributed by atoms with Crippen LogP contribution in [0.25, 0.3) is 22.2 Å². The third kappa shape index (κ3) is 3.77. The Labute approximate surface area is 185 Å². The first-order valence-corrected chi connectivity index (χ1v) is 10.6. The van der Waals surface area contributed by atoms with Gasteiger partial charge in [-0.15, -0.1) is 0 Å². The van der Waals surface area contributed by atoms with Crippen molar-refractivity contribution in [1.29, 1.82) is 0 Å². The number of rotatable bonds is 2. The number of aryl methyl sites for hydroxylation is 2. The number of carbonyl (C=O) groups excluding carboxylic acids is 1. The highest BCUT2D eigenvalue weighted by molar-refractivity contribution is 6.30. The summed E-state index contributed by atoms with van der Waals surface area (Å²) < 4.78 is 5.95. The molecule has 0 saturated heterocycles. The van der Waals surface area contributed by atoms with Crippen LogP contribution in [0.2, 0.25) is 5.02 Å². The summed E-state index contributed by atoms with van der Waals surface area (Å²) in [4.78, 5) is 22.8. The Hall–Kier alpha value is -3.31. The number of halogens is 1. The van der Waals surface area contributed by atoms with Crippen LogP contribution >= 0.6 is 11.6 Å². The van der Waals surface area contributed by atoms with Gasteiger partial charge in [-0.3, -0.25) is 4.79 Å². The highest BCUT2D eigenvalue weighted by Gasteiger charge is 2.22. The van der Waals surface area contributed by atoms with E-state index in [1.54, 1.807) is 12.1 Å². The summed E-state index contributed by atoms with van der Waals surface area (Å²) in [6.07, 6.45) is 0. The topological polar surface area (TPSA) is 58.2 Å². The standard InChI is InChI=1S/C25H22ClN3O2/c1-15-11-20(26)5-6-21(15)25(30)29-9-10-31-24-8-4-17(12-19(24)14-29)18-3-7-22-23(13-18)28-16(2)27-22/h3-8,11-13H,9-10,14H2,1-2H3,(H,27,28). The molecule has 1 N–H and O–H groups in total. The fourth-order valence-corrected chi connectivity index (χ4v) is 4.33. The van der Waals surface area contributed by atoms with Gasteiger partial charge in [0.2, 0.25) is 0 Å². The maximum absolute atomic E-state index is 13.2. The molecule has 156 valence electrons. The van der Waals surface area contributed by atoms with Crippen LogP contribution in [0.1, 0.15) is 27.3 Å². The first-order chi connectivity index (χ1) is 15.0. The van der Waals surface area contributed by atoms with Gasteiger partial charge in [0.1, 0.15) is 18.2 Å². The molecule has 1 aromatic heterocycles. The lowest BCUT2D eigenvalue weighted by molar-refractivity contribution is 0.0732. The number of nitrogens with zero attached hydrogens (tertiary/aromatic N) is 2. The minimum Gasteiger partial charge on any atom is -0.491 e. The van der Waals surface area contributed by atoms with Crippen LogP contribution in [-0.2, 0) is 6.54 Å². The Morgan fingerprint density at radius 2 is 1.87 bits per heavy atom. The number of benzene rings is 3. The second-order valence-electron chi connectivity index (χ2n) is 7.91. The van der Waals surface area contributed by atoms with E-state index in [1.807, 2.05) is 36.9 Å². The molecule has 31 heavy (non-hydrogen) atoms. The van der Waals surface area contributed by atoms with Gasteiger partial charge in [-0.25, -0.2) is 4.98 Å². The summed E-state index contributed by atoms with van der Waals surface area (Å²) in [7, 11) is 0. The van der Waals surface area contributed by atoms with Gasteiger partial charge in [0.15, 0.2) is 0 Å². The average molecular weight is 432 g/mol. The maximum atomic E-state index is 13.2. The molecule has 3 aromatic carbocycles.